The van der Waals surface area contributed by atoms with Crippen LogP contribution in [0.1, 0.15) is 17.2 Å². The Labute approximate surface area is 205 Å². The van der Waals surface area contributed by atoms with Crippen molar-refractivity contribution >= 4 is 38.3 Å². The number of pyridine rings is 1. The monoisotopic (exact) mass is 522 g/mol. The number of piperazine rings is 1. The summed E-state index contributed by atoms with van der Waals surface area (Å²) in [5, 5.41) is 17.3. The highest BCUT2D eigenvalue weighted by Gasteiger charge is 2.18. The lowest BCUT2D eigenvalue weighted by molar-refractivity contribution is 0.191. The SMILES string of the molecule is Cc1cc(N2CCNCC2)cc2[nH]c(-c3c(NC[C@H](O)c4cccc(Br)c4)cc[nH]c3=O)nc12. The van der Waals surface area contributed by atoms with E-state index in [1.54, 1.807) is 12.3 Å². The summed E-state index contributed by atoms with van der Waals surface area (Å²) >= 11 is 3.44. The van der Waals surface area contributed by atoms with Crippen LogP contribution in [0.4, 0.5) is 11.4 Å². The maximum Gasteiger partial charge on any atom is 0.261 e. The Hall–Kier alpha value is -3.14. The van der Waals surface area contributed by atoms with Gasteiger partial charge < -0.3 is 30.6 Å². The second kappa shape index (κ2) is 9.61. The van der Waals surface area contributed by atoms with E-state index in [1.807, 2.05) is 31.2 Å². The molecule has 4 aromatic rings. The number of imidazole rings is 1. The van der Waals surface area contributed by atoms with E-state index in [2.05, 4.69) is 53.6 Å². The predicted octanol–water partition coefficient (Wildman–Crippen LogP) is 3.54. The van der Waals surface area contributed by atoms with Crippen LogP contribution in [0.2, 0.25) is 0 Å². The maximum atomic E-state index is 12.8. The molecule has 0 aliphatic carbocycles. The fourth-order valence-electron chi connectivity index (χ4n) is 4.39. The second-order valence-electron chi connectivity index (χ2n) is 8.53. The van der Waals surface area contributed by atoms with Crippen molar-refractivity contribution in [2.45, 2.75) is 13.0 Å². The van der Waals surface area contributed by atoms with Gasteiger partial charge in [0.25, 0.3) is 5.56 Å². The normalized spacial score (nSPS) is 15.0. The zero-order valence-electron chi connectivity index (χ0n) is 18.9. The number of fused-ring (bicyclic) bond motifs is 1. The van der Waals surface area contributed by atoms with Gasteiger partial charge in [0.15, 0.2) is 0 Å². The van der Waals surface area contributed by atoms with E-state index in [4.69, 9.17) is 4.98 Å². The van der Waals surface area contributed by atoms with E-state index in [9.17, 15) is 9.90 Å². The van der Waals surface area contributed by atoms with Crippen molar-refractivity contribution in [3.63, 3.8) is 0 Å². The minimum absolute atomic E-state index is 0.249. The molecule has 1 aliphatic heterocycles. The lowest BCUT2D eigenvalue weighted by Gasteiger charge is -2.29. The van der Waals surface area contributed by atoms with E-state index >= 15 is 0 Å². The zero-order valence-corrected chi connectivity index (χ0v) is 20.4. The molecule has 0 radical (unpaired) electrons. The van der Waals surface area contributed by atoms with Crippen LogP contribution in [0, 0.1) is 6.92 Å². The number of benzene rings is 2. The standard InChI is InChI=1S/C25H27BrN6O2/c1-15-11-18(32-9-7-27-8-10-32)13-20-23(15)31-24(30-20)22-19(5-6-28-25(22)34)29-14-21(33)16-3-2-4-17(26)12-16/h2-6,11-13,21,27,33H,7-10,14H2,1H3,(H,30,31)(H2,28,29,34)/t21-/m0/s1. The number of nitrogens with one attached hydrogen (secondary N) is 4. The molecule has 9 heteroatoms. The highest BCUT2D eigenvalue weighted by Crippen LogP contribution is 2.29. The van der Waals surface area contributed by atoms with Crippen molar-refractivity contribution in [2.24, 2.45) is 0 Å². The van der Waals surface area contributed by atoms with Crippen LogP contribution in [0.25, 0.3) is 22.4 Å². The number of halogens is 1. The van der Waals surface area contributed by atoms with Crippen molar-refractivity contribution in [1.82, 2.24) is 20.3 Å². The van der Waals surface area contributed by atoms with E-state index in [1.165, 1.54) is 0 Å². The number of rotatable bonds is 6. The summed E-state index contributed by atoms with van der Waals surface area (Å²) in [6.07, 6.45) is 0.861. The van der Waals surface area contributed by atoms with E-state index in [0.29, 0.717) is 17.1 Å². The number of hydrogen-bond acceptors (Lipinski definition) is 6. The first kappa shape index (κ1) is 22.6. The molecule has 1 atom stereocenters. The summed E-state index contributed by atoms with van der Waals surface area (Å²) in [6.45, 7) is 6.13. The summed E-state index contributed by atoms with van der Waals surface area (Å²) in [7, 11) is 0. The number of nitrogens with zero attached hydrogens (tertiary/aromatic N) is 2. The molecule has 5 rings (SSSR count). The smallest absolute Gasteiger partial charge is 0.261 e. The first-order valence-corrected chi connectivity index (χ1v) is 12.1. The molecule has 5 N–H and O–H groups in total. The molecular formula is C25H27BrN6O2. The molecule has 0 saturated carbocycles. The minimum Gasteiger partial charge on any atom is -0.387 e. The number of aliphatic hydroxyl groups is 1. The fourth-order valence-corrected chi connectivity index (χ4v) is 4.81. The van der Waals surface area contributed by atoms with Gasteiger partial charge in [-0.25, -0.2) is 4.98 Å². The van der Waals surface area contributed by atoms with Crippen LogP contribution >= 0.6 is 15.9 Å². The van der Waals surface area contributed by atoms with Crippen molar-refractivity contribution in [3.05, 3.63) is 74.6 Å². The molecule has 3 heterocycles. The van der Waals surface area contributed by atoms with Gasteiger partial charge in [0.2, 0.25) is 0 Å². The van der Waals surface area contributed by atoms with Crippen LogP contribution in [-0.4, -0.2) is 52.8 Å². The zero-order chi connectivity index (χ0) is 23.7. The molecule has 2 aromatic carbocycles. The van der Waals surface area contributed by atoms with E-state index < -0.39 is 6.10 Å². The predicted molar refractivity (Wildman–Crippen MR) is 140 cm³/mol. The van der Waals surface area contributed by atoms with Gasteiger partial charge in [-0.15, -0.1) is 0 Å². The topological polar surface area (TPSA) is 109 Å². The highest BCUT2D eigenvalue weighted by molar-refractivity contribution is 9.10. The van der Waals surface area contributed by atoms with Gasteiger partial charge in [0, 0.05) is 49.1 Å². The summed E-state index contributed by atoms with van der Waals surface area (Å²) in [5.74, 6) is 0.497. The number of hydrogen-bond donors (Lipinski definition) is 5. The van der Waals surface area contributed by atoms with Crippen molar-refractivity contribution in [1.29, 1.82) is 0 Å². The number of aromatic nitrogens is 3. The van der Waals surface area contributed by atoms with Crippen molar-refractivity contribution < 1.29 is 5.11 Å². The first-order valence-electron chi connectivity index (χ1n) is 11.3. The average molecular weight is 523 g/mol. The molecule has 1 aliphatic rings. The van der Waals surface area contributed by atoms with Gasteiger partial charge in [-0.05, 0) is 48.4 Å². The molecule has 2 aromatic heterocycles. The number of aliphatic hydroxyl groups excluding tert-OH is 1. The Bertz CT molecular complexity index is 1380. The molecule has 0 unspecified atom stereocenters. The number of aromatic amines is 2. The van der Waals surface area contributed by atoms with Gasteiger partial charge >= 0.3 is 0 Å². The Morgan fingerprint density at radius 2 is 2.03 bits per heavy atom. The molecule has 0 spiro atoms. The Kier molecular flexibility index (Phi) is 6.40. The van der Waals surface area contributed by atoms with E-state index in [-0.39, 0.29) is 12.1 Å². The molecule has 1 fully saturated rings. The molecule has 0 bridgehead atoms. The minimum atomic E-state index is -0.732. The molecule has 0 amide bonds. The third-order valence-corrected chi connectivity index (χ3v) is 6.65. The van der Waals surface area contributed by atoms with Gasteiger partial charge in [-0.3, -0.25) is 4.79 Å². The van der Waals surface area contributed by atoms with Gasteiger partial charge in [-0.2, -0.15) is 0 Å². The molecule has 34 heavy (non-hydrogen) atoms. The van der Waals surface area contributed by atoms with Gasteiger partial charge in [0.05, 0.1) is 22.8 Å². The largest absolute Gasteiger partial charge is 0.387 e. The lowest BCUT2D eigenvalue weighted by Crippen LogP contribution is -2.43. The van der Waals surface area contributed by atoms with Crippen LogP contribution in [-0.2, 0) is 0 Å². The van der Waals surface area contributed by atoms with Gasteiger partial charge in [0.1, 0.15) is 11.4 Å². The Balaban J connectivity index is 1.46. The van der Waals surface area contributed by atoms with Crippen LogP contribution in [0.15, 0.2) is 57.9 Å². The van der Waals surface area contributed by atoms with Crippen LogP contribution in [0.5, 0.6) is 0 Å². The van der Waals surface area contributed by atoms with Crippen molar-refractivity contribution in [3.8, 4) is 11.4 Å². The lowest BCUT2D eigenvalue weighted by atomic mass is 10.1. The number of aryl methyl sites for hydroxylation is 1. The number of anilines is 2. The highest BCUT2D eigenvalue weighted by atomic mass is 79.9. The second-order valence-corrected chi connectivity index (χ2v) is 9.44. The molecule has 8 nitrogen and oxygen atoms in total. The Morgan fingerprint density at radius 3 is 2.82 bits per heavy atom. The van der Waals surface area contributed by atoms with Crippen molar-refractivity contribution in [2.75, 3.05) is 42.9 Å². The van der Waals surface area contributed by atoms with Gasteiger partial charge in [-0.1, -0.05) is 28.1 Å². The Morgan fingerprint density at radius 1 is 1.21 bits per heavy atom. The van der Waals surface area contributed by atoms with E-state index in [0.717, 1.165) is 58.5 Å². The third kappa shape index (κ3) is 4.59. The number of H-pyrrole nitrogens is 2. The summed E-state index contributed by atoms with van der Waals surface area (Å²) < 4.78 is 0.902. The molecule has 176 valence electrons. The maximum absolute atomic E-state index is 12.8. The first-order chi connectivity index (χ1) is 16.5. The summed E-state index contributed by atoms with van der Waals surface area (Å²) in [4.78, 5) is 26.1. The van der Waals surface area contributed by atoms with Crippen LogP contribution < -0.4 is 21.1 Å². The summed E-state index contributed by atoms with van der Waals surface area (Å²) in [6, 6.07) is 13.6. The fraction of sp³-hybridized carbons (Fsp3) is 0.280. The molecule has 1 saturated heterocycles. The quantitative estimate of drug-likeness (QED) is 0.265. The molecular weight excluding hydrogens is 496 g/mol. The van der Waals surface area contributed by atoms with Crippen LogP contribution in [0.3, 0.4) is 0 Å². The third-order valence-electron chi connectivity index (χ3n) is 6.16. The average Bonchev–Trinajstić information content (AvgIpc) is 3.27. The summed E-state index contributed by atoms with van der Waals surface area (Å²) in [5.41, 5.74) is 5.51.